The van der Waals surface area contributed by atoms with E-state index in [0.29, 0.717) is 16.5 Å². The van der Waals surface area contributed by atoms with E-state index in [9.17, 15) is 9.00 Å². The van der Waals surface area contributed by atoms with E-state index < -0.39 is 21.7 Å². The standard InChI is InChI=1S/C11H11N3O2S2/c12-7-5-6-18(16,14-10(7)15)11-13-8-3-1-2-4-9(8)17-11/h1-4,7H,5-6,12H2/t7-,18?/m0/s1. The number of rotatable bonds is 1. The molecule has 0 saturated heterocycles. The summed E-state index contributed by atoms with van der Waals surface area (Å²) >= 11 is 1.33. The van der Waals surface area contributed by atoms with Gasteiger partial charge in [0.1, 0.15) is 9.73 Å². The Morgan fingerprint density at radius 3 is 2.89 bits per heavy atom. The van der Waals surface area contributed by atoms with Crippen LogP contribution in [0.4, 0.5) is 0 Å². The average molecular weight is 281 g/mol. The van der Waals surface area contributed by atoms with Crippen molar-refractivity contribution in [2.75, 3.05) is 5.75 Å². The van der Waals surface area contributed by atoms with Crippen molar-refractivity contribution in [3.05, 3.63) is 24.3 Å². The van der Waals surface area contributed by atoms with Crippen molar-refractivity contribution in [3.8, 4) is 0 Å². The van der Waals surface area contributed by atoms with Crippen molar-refractivity contribution in [2.24, 2.45) is 10.1 Å². The molecule has 0 radical (unpaired) electrons. The molecular formula is C11H11N3O2S2. The van der Waals surface area contributed by atoms with E-state index in [1.54, 1.807) is 0 Å². The third-order valence-corrected chi connectivity index (χ3v) is 6.57. The molecule has 0 bridgehead atoms. The van der Waals surface area contributed by atoms with Crippen molar-refractivity contribution >= 4 is 37.2 Å². The van der Waals surface area contributed by atoms with Gasteiger partial charge in [-0.05, 0) is 18.6 Å². The van der Waals surface area contributed by atoms with Crippen LogP contribution < -0.4 is 5.73 Å². The van der Waals surface area contributed by atoms with Gasteiger partial charge >= 0.3 is 0 Å². The second-order valence-electron chi connectivity index (χ2n) is 4.12. The summed E-state index contributed by atoms with van der Waals surface area (Å²) in [4.78, 5) is 15.8. The van der Waals surface area contributed by atoms with Crippen LogP contribution in [-0.4, -0.2) is 26.9 Å². The Labute approximate surface area is 108 Å². The van der Waals surface area contributed by atoms with Gasteiger partial charge in [-0.3, -0.25) is 4.79 Å². The van der Waals surface area contributed by atoms with Crippen molar-refractivity contribution in [1.29, 1.82) is 0 Å². The molecule has 2 atom stereocenters. The van der Waals surface area contributed by atoms with Gasteiger partial charge in [0.05, 0.1) is 16.3 Å². The number of carbonyl (C=O) groups is 1. The Morgan fingerprint density at radius 2 is 2.17 bits per heavy atom. The highest BCUT2D eigenvalue weighted by Gasteiger charge is 2.28. The molecule has 7 heteroatoms. The first-order chi connectivity index (χ1) is 8.58. The monoisotopic (exact) mass is 281 g/mol. The number of benzene rings is 1. The first kappa shape index (κ1) is 11.8. The van der Waals surface area contributed by atoms with Gasteiger partial charge in [-0.2, -0.15) is 4.36 Å². The molecule has 94 valence electrons. The van der Waals surface area contributed by atoms with E-state index in [2.05, 4.69) is 9.35 Å². The third-order valence-electron chi connectivity index (χ3n) is 2.81. The van der Waals surface area contributed by atoms with E-state index in [4.69, 9.17) is 5.73 Å². The van der Waals surface area contributed by atoms with Crippen molar-refractivity contribution in [2.45, 2.75) is 16.8 Å². The average Bonchev–Trinajstić information content (AvgIpc) is 2.79. The van der Waals surface area contributed by atoms with Gasteiger partial charge in [0.15, 0.2) is 4.34 Å². The number of hydrogen-bond donors (Lipinski definition) is 1. The smallest absolute Gasteiger partial charge is 0.271 e. The highest BCUT2D eigenvalue weighted by Crippen LogP contribution is 2.29. The van der Waals surface area contributed by atoms with E-state index in [-0.39, 0.29) is 0 Å². The van der Waals surface area contributed by atoms with Gasteiger partial charge in [-0.25, -0.2) is 9.19 Å². The molecule has 2 aromatic rings. The number of nitrogens with zero attached hydrogens (tertiary/aromatic N) is 2. The number of fused-ring (bicyclic) bond motifs is 1. The molecule has 1 aliphatic rings. The number of thiazole rings is 1. The molecule has 1 aromatic heterocycles. The van der Waals surface area contributed by atoms with Crippen molar-refractivity contribution in [1.82, 2.24) is 4.98 Å². The van der Waals surface area contributed by atoms with E-state index in [1.165, 1.54) is 11.3 Å². The predicted octanol–water partition coefficient (Wildman–Crippen LogP) is 1.38. The summed E-state index contributed by atoms with van der Waals surface area (Å²) in [7, 11) is -2.71. The molecule has 1 aliphatic heterocycles. The first-order valence-corrected chi connectivity index (χ1v) is 7.98. The second-order valence-corrected chi connectivity index (χ2v) is 7.66. The van der Waals surface area contributed by atoms with Crippen LogP contribution in [0, 0.1) is 0 Å². The van der Waals surface area contributed by atoms with E-state index in [1.807, 2.05) is 24.3 Å². The minimum atomic E-state index is -2.71. The van der Waals surface area contributed by atoms with Gasteiger partial charge in [0.25, 0.3) is 5.91 Å². The Kier molecular flexibility index (Phi) is 2.69. The summed E-state index contributed by atoms with van der Waals surface area (Å²) in [5, 5.41) is 0. The van der Waals surface area contributed by atoms with Crippen molar-refractivity contribution in [3.63, 3.8) is 0 Å². The highest BCUT2D eigenvalue weighted by molar-refractivity contribution is 7.95. The maximum atomic E-state index is 12.6. The Bertz CT molecular complexity index is 711. The summed E-state index contributed by atoms with van der Waals surface area (Å²) < 4.78 is 17.8. The summed E-state index contributed by atoms with van der Waals surface area (Å²) in [6.07, 6.45) is 0.400. The lowest BCUT2D eigenvalue weighted by molar-refractivity contribution is -0.119. The molecule has 0 spiro atoms. The van der Waals surface area contributed by atoms with Gasteiger partial charge < -0.3 is 5.73 Å². The van der Waals surface area contributed by atoms with Crippen LogP contribution in [0.1, 0.15) is 6.42 Å². The molecule has 0 saturated carbocycles. The van der Waals surface area contributed by atoms with Gasteiger partial charge in [0, 0.05) is 5.75 Å². The summed E-state index contributed by atoms with van der Waals surface area (Å²) in [6, 6.07) is 6.92. The maximum Gasteiger partial charge on any atom is 0.271 e. The SMILES string of the molecule is N[C@H]1CCS(=O)(c2nc3ccccc3s2)=NC1=O. The molecular weight excluding hydrogens is 270 g/mol. The lowest BCUT2D eigenvalue weighted by Gasteiger charge is -2.15. The fourth-order valence-corrected chi connectivity index (χ4v) is 5.22. The first-order valence-electron chi connectivity index (χ1n) is 5.48. The molecule has 18 heavy (non-hydrogen) atoms. The van der Waals surface area contributed by atoms with Gasteiger partial charge in [-0.1, -0.05) is 12.1 Å². The number of nitrogens with two attached hydrogens (primary N) is 1. The molecule has 1 amide bonds. The quantitative estimate of drug-likeness (QED) is 0.855. The normalized spacial score (nSPS) is 28.3. The topological polar surface area (TPSA) is 85.4 Å². The summed E-state index contributed by atoms with van der Waals surface area (Å²) in [5.74, 6) is -0.176. The van der Waals surface area contributed by atoms with E-state index in [0.717, 1.165) is 10.2 Å². The molecule has 0 aliphatic carbocycles. The number of aromatic nitrogens is 1. The van der Waals surface area contributed by atoms with Gasteiger partial charge in [-0.15, -0.1) is 11.3 Å². The molecule has 2 N–H and O–H groups in total. The van der Waals surface area contributed by atoms with Crippen LogP contribution in [0.3, 0.4) is 0 Å². The molecule has 3 rings (SSSR count). The lowest BCUT2D eigenvalue weighted by Crippen LogP contribution is -2.36. The third kappa shape index (κ3) is 1.84. The number of amides is 1. The minimum absolute atomic E-state index is 0.305. The molecule has 0 fully saturated rings. The largest absolute Gasteiger partial charge is 0.320 e. The zero-order chi connectivity index (χ0) is 12.8. The van der Waals surface area contributed by atoms with Crippen LogP contribution >= 0.6 is 11.3 Å². The van der Waals surface area contributed by atoms with Gasteiger partial charge in [0.2, 0.25) is 0 Å². The van der Waals surface area contributed by atoms with E-state index >= 15 is 0 Å². The Balaban J connectivity index is 2.17. The molecule has 1 unspecified atom stereocenters. The summed E-state index contributed by atoms with van der Waals surface area (Å²) in [5.41, 5.74) is 6.36. The lowest BCUT2D eigenvalue weighted by atomic mass is 10.2. The number of hydrogen-bond acceptors (Lipinski definition) is 5. The second kappa shape index (κ2) is 4.11. The van der Waals surface area contributed by atoms with Crippen LogP contribution in [0.15, 0.2) is 33.0 Å². The molecule has 2 heterocycles. The Morgan fingerprint density at radius 1 is 1.39 bits per heavy atom. The van der Waals surface area contributed by atoms with Crippen LogP contribution in [0.2, 0.25) is 0 Å². The number of para-hydroxylation sites is 1. The zero-order valence-electron chi connectivity index (χ0n) is 9.41. The van der Waals surface area contributed by atoms with Crippen LogP contribution in [-0.2, 0) is 14.5 Å². The molecule has 5 nitrogen and oxygen atoms in total. The number of carbonyl (C=O) groups excluding carboxylic acids is 1. The fraction of sp³-hybridized carbons (Fsp3) is 0.273. The van der Waals surface area contributed by atoms with Crippen LogP contribution in [0.5, 0.6) is 0 Å². The highest BCUT2D eigenvalue weighted by atomic mass is 32.2. The fourth-order valence-electron chi connectivity index (χ4n) is 1.78. The summed E-state index contributed by atoms with van der Waals surface area (Å²) in [6.45, 7) is 0. The maximum absolute atomic E-state index is 12.6. The zero-order valence-corrected chi connectivity index (χ0v) is 11.0. The van der Waals surface area contributed by atoms with Crippen LogP contribution in [0.25, 0.3) is 10.2 Å². The molecule has 1 aromatic carbocycles. The minimum Gasteiger partial charge on any atom is -0.320 e. The predicted molar refractivity (Wildman–Crippen MR) is 70.9 cm³/mol. The Hall–Kier alpha value is -1.31. The van der Waals surface area contributed by atoms with Crippen molar-refractivity contribution < 1.29 is 9.00 Å².